The van der Waals surface area contributed by atoms with Gasteiger partial charge in [0.25, 0.3) is 0 Å². The van der Waals surface area contributed by atoms with Gasteiger partial charge in [-0.05, 0) is 74.0 Å². The van der Waals surface area contributed by atoms with E-state index < -0.39 is 0 Å². The highest BCUT2D eigenvalue weighted by Crippen LogP contribution is 2.60. The maximum atomic E-state index is 12.5. The molecular formula is C22H28O2. The number of benzene rings is 1. The standard InChI is InChI=1S/C22H28O2/c1-4-13-24-19-9-5-14(2)15-6-7-16-17(21(15)19)11-12-22(3)18(16)8-10-20(22)23/h4-5,9,16-18H,1,6-8,10-13H2,2-3H3. The molecule has 2 nitrogen and oxygen atoms in total. The van der Waals surface area contributed by atoms with Gasteiger partial charge < -0.3 is 4.74 Å². The summed E-state index contributed by atoms with van der Waals surface area (Å²) in [6.45, 7) is 8.81. The molecule has 0 spiro atoms. The summed E-state index contributed by atoms with van der Waals surface area (Å²) >= 11 is 0. The average molecular weight is 324 g/mol. The minimum absolute atomic E-state index is 0.0510. The number of carbonyl (C=O) groups excluding carboxylic acids is 1. The van der Waals surface area contributed by atoms with E-state index in [9.17, 15) is 4.79 Å². The Balaban J connectivity index is 1.75. The Kier molecular flexibility index (Phi) is 3.82. The van der Waals surface area contributed by atoms with Crippen molar-refractivity contribution in [3.05, 3.63) is 41.5 Å². The van der Waals surface area contributed by atoms with Crippen LogP contribution in [0.1, 0.15) is 61.6 Å². The first kappa shape index (κ1) is 15.9. The van der Waals surface area contributed by atoms with Crippen LogP contribution in [0.4, 0.5) is 0 Å². The van der Waals surface area contributed by atoms with Crippen LogP contribution in [-0.2, 0) is 11.2 Å². The first-order valence-electron chi connectivity index (χ1n) is 9.45. The second-order valence-electron chi connectivity index (χ2n) is 8.21. The minimum Gasteiger partial charge on any atom is -0.489 e. The zero-order valence-corrected chi connectivity index (χ0v) is 14.9. The number of rotatable bonds is 3. The minimum atomic E-state index is -0.0510. The van der Waals surface area contributed by atoms with E-state index in [0.29, 0.717) is 30.1 Å². The third-order valence-electron chi connectivity index (χ3n) is 7.15. The Morgan fingerprint density at radius 3 is 2.92 bits per heavy atom. The fourth-order valence-electron chi connectivity index (χ4n) is 5.90. The lowest BCUT2D eigenvalue weighted by molar-refractivity contribution is -0.129. The molecule has 0 N–H and O–H groups in total. The van der Waals surface area contributed by atoms with Gasteiger partial charge in [-0.15, -0.1) is 0 Å². The lowest BCUT2D eigenvalue weighted by atomic mass is 9.55. The van der Waals surface area contributed by atoms with Crippen LogP contribution in [0.15, 0.2) is 24.8 Å². The summed E-state index contributed by atoms with van der Waals surface area (Å²) in [6, 6.07) is 4.34. The molecule has 4 atom stereocenters. The van der Waals surface area contributed by atoms with Crippen LogP contribution in [0, 0.1) is 24.2 Å². The van der Waals surface area contributed by atoms with Gasteiger partial charge in [-0.1, -0.05) is 25.6 Å². The summed E-state index contributed by atoms with van der Waals surface area (Å²) in [5.41, 5.74) is 4.30. The predicted molar refractivity (Wildman–Crippen MR) is 96.5 cm³/mol. The summed E-state index contributed by atoms with van der Waals surface area (Å²) in [5, 5.41) is 0. The SMILES string of the molecule is C=CCOc1ccc(C)c2c1C1CCC3(C)C(=O)CCC3C1CC2. The molecule has 4 unspecified atom stereocenters. The van der Waals surface area contributed by atoms with E-state index in [1.807, 2.05) is 6.08 Å². The average Bonchev–Trinajstić information content (AvgIpc) is 2.89. The van der Waals surface area contributed by atoms with Gasteiger partial charge in [0.05, 0.1) is 0 Å². The molecule has 24 heavy (non-hydrogen) atoms. The van der Waals surface area contributed by atoms with Crippen LogP contribution >= 0.6 is 0 Å². The first-order chi connectivity index (χ1) is 11.6. The largest absolute Gasteiger partial charge is 0.489 e. The summed E-state index contributed by atoms with van der Waals surface area (Å²) < 4.78 is 6.03. The summed E-state index contributed by atoms with van der Waals surface area (Å²) in [7, 11) is 0. The third kappa shape index (κ3) is 2.18. The predicted octanol–water partition coefficient (Wildman–Crippen LogP) is 4.99. The van der Waals surface area contributed by atoms with Crippen molar-refractivity contribution in [2.45, 2.75) is 58.3 Å². The third-order valence-corrected chi connectivity index (χ3v) is 7.15. The number of ketones is 1. The Bertz CT molecular complexity index is 689. The molecule has 3 aliphatic carbocycles. The summed E-state index contributed by atoms with van der Waals surface area (Å²) in [4.78, 5) is 12.5. The molecule has 3 aliphatic rings. The smallest absolute Gasteiger partial charge is 0.139 e. The maximum Gasteiger partial charge on any atom is 0.139 e. The number of carbonyl (C=O) groups is 1. The quantitative estimate of drug-likeness (QED) is 0.733. The van der Waals surface area contributed by atoms with Crippen LogP contribution in [0.5, 0.6) is 5.75 Å². The van der Waals surface area contributed by atoms with E-state index in [1.54, 1.807) is 0 Å². The van der Waals surface area contributed by atoms with E-state index >= 15 is 0 Å². The fraction of sp³-hybridized carbons (Fsp3) is 0.591. The van der Waals surface area contributed by atoms with Gasteiger partial charge in [-0.3, -0.25) is 4.79 Å². The van der Waals surface area contributed by atoms with Crippen LogP contribution in [0.3, 0.4) is 0 Å². The molecule has 2 saturated carbocycles. The van der Waals surface area contributed by atoms with E-state index in [4.69, 9.17) is 4.74 Å². The van der Waals surface area contributed by atoms with Gasteiger partial charge in [0.15, 0.2) is 0 Å². The number of ether oxygens (including phenoxy) is 1. The maximum absolute atomic E-state index is 12.5. The molecule has 1 aromatic carbocycles. The van der Waals surface area contributed by atoms with Crippen molar-refractivity contribution in [2.24, 2.45) is 17.3 Å². The monoisotopic (exact) mass is 324 g/mol. The van der Waals surface area contributed by atoms with E-state index in [1.165, 1.54) is 23.1 Å². The van der Waals surface area contributed by atoms with Crippen LogP contribution in [0.25, 0.3) is 0 Å². The molecule has 2 heteroatoms. The van der Waals surface area contributed by atoms with E-state index in [0.717, 1.165) is 37.9 Å². The van der Waals surface area contributed by atoms with Crippen LogP contribution in [0.2, 0.25) is 0 Å². The molecular weight excluding hydrogens is 296 g/mol. The molecule has 0 aliphatic heterocycles. The van der Waals surface area contributed by atoms with Crippen molar-refractivity contribution < 1.29 is 9.53 Å². The van der Waals surface area contributed by atoms with Crippen molar-refractivity contribution in [3.8, 4) is 5.75 Å². The zero-order valence-electron chi connectivity index (χ0n) is 14.9. The molecule has 0 bridgehead atoms. The van der Waals surface area contributed by atoms with Gasteiger partial charge >= 0.3 is 0 Å². The molecule has 0 aromatic heterocycles. The topological polar surface area (TPSA) is 26.3 Å². The zero-order chi connectivity index (χ0) is 16.9. The molecule has 4 rings (SSSR count). The summed E-state index contributed by atoms with van der Waals surface area (Å²) in [5.74, 6) is 3.36. The van der Waals surface area contributed by atoms with Crippen molar-refractivity contribution >= 4 is 5.78 Å². The molecule has 0 amide bonds. The van der Waals surface area contributed by atoms with Crippen LogP contribution in [-0.4, -0.2) is 12.4 Å². The van der Waals surface area contributed by atoms with Crippen LogP contribution < -0.4 is 4.74 Å². The molecule has 0 heterocycles. The van der Waals surface area contributed by atoms with E-state index in [2.05, 4.69) is 32.6 Å². The van der Waals surface area contributed by atoms with Gasteiger partial charge in [-0.25, -0.2) is 0 Å². The Morgan fingerprint density at radius 1 is 1.29 bits per heavy atom. The van der Waals surface area contributed by atoms with Crippen molar-refractivity contribution in [2.75, 3.05) is 6.61 Å². The number of hydrogen-bond acceptors (Lipinski definition) is 2. The number of fused-ring (bicyclic) bond motifs is 5. The molecule has 0 radical (unpaired) electrons. The first-order valence-corrected chi connectivity index (χ1v) is 9.45. The van der Waals surface area contributed by atoms with Gasteiger partial charge in [0.1, 0.15) is 18.1 Å². The molecule has 2 fully saturated rings. The van der Waals surface area contributed by atoms with Crippen molar-refractivity contribution in [3.63, 3.8) is 0 Å². The molecule has 1 aromatic rings. The lowest BCUT2D eigenvalue weighted by Gasteiger charge is -2.48. The van der Waals surface area contributed by atoms with Crippen molar-refractivity contribution in [1.82, 2.24) is 0 Å². The lowest BCUT2D eigenvalue weighted by Crippen LogP contribution is -2.42. The Hall–Kier alpha value is -1.57. The summed E-state index contributed by atoms with van der Waals surface area (Å²) in [6.07, 6.45) is 8.26. The van der Waals surface area contributed by atoms with Crippen molar-refractivity contribution in [1.29, 1.82) is 0 Å². The highest BCUT2D eigenvalue weighted by atomic mass is 16.5. The molecule has 0 saturated heterocycles. The van der Waals surface area contributed by atoms with Gasteiger partial charge in [0.2, 0.25) is 0 Å². The van der Waals surface area contributed by atoms with Gasteiger partial charge in [-0.2, -0.15) is 0 Å². The molecule has 128 valence electrons. The second kappa shape index (κ2) is 5.75. The number of Topliss-reactive ketones (excluding diaryl/α,β-unsaturated/α-hetero) is 1. The fourth-order valence-corrected chi connectivity index (χ4v) is 5.90. The highest BCUT2D eigenvalue weighted by molar-refractivity contribution is 5.87. The van der Waals surface area contributed by atoms with Gasteiger partial charge in [0, 0.05) is 17.4 Å². The Morgan fingerprint density at radius 2 is 2.12 bits per heavy atom. The normalized spacial score (nSPS) is 34.2. The number of aryl methyl sites for hydroxylation is 1. The van der Waals surface area contributed by atoms with E-state index in [-0.39, 0.29) is 5.41 Å². The second-order valence-corrected chi connectivity index (χ2v) is 8.21. The highest BCUT2D eigenvalue weighted by Gasteiger charge is 2.55. The Labute approximate surface area is 145 Å². The number of hydrogen-bond donors (Lipinski definition) is 0.